The molecule has 0 radical (unpaired) electrons. The van der Waals surface area contributed by atoms with E-state index in [1.165, 1.54) is 22.3 Å². The van der Waals surface area contributed by atoms with Crippen LogP contribution in [0.5, 0.6) is 28.7 Å². The molecule has 6 heteroatoms. The molecule has 0 N–H and O–H groups in total. The Morgan fingerprint density at radius 1 is 0.636 bits per heavy atom. The third-order valence-electron chi connectivity index (χ3n) is 9.13. The molecule has 0 fully saturated rings. The van der Waals surface area contributed by atoms with E-state index in [1.54, 1.807) is 28.4 Å². The molecule has 0 saturated heterocycles. The fourth-order valence-corrected chi connectivity index (χ4v) is 7.67. The average Bonchev–Trinajstić information content (AvgIpc) is 3.30. The van der Waals surface area contributed by atoms with Gasteiger partial charge in [-0.05, 0) is 70.1 Å². The van der Waals surface area contributed by atoms with E-state index in [4.69, 9.17) is 23.7 Å². The van der Waals surface area contributed by atoms with Gasteiger partial charge in [-0.3, -0.25) is 0 Å². The molecule has 5 aromatic carbocycles. The van der Waals surface area contributed by atoms with Gasteiger partial charge in [0, 0.05) is 32.0 Å². The highest BCUT2D eigenvalue weighted by Crippen LogP contribution is 2.61. The molecule has 5 aromatic rings. The van der Waals surface area contributed by atoms with Crippen LogP contribution in [0, 0.1) is 0 Å². The highest BCUT2D eigenvalue weighted by Gasteiger charge is 2.46. The minimum Gasteiger partial charge on any atom is -0.497 e. The highest BCUT2D eigenvalue weighted by molar-refractivity contribution is 9.15. The number of benzene rings is 5. The summed E-state index contributed by atoms with van der Waals surface area (Å²) in [5.41, 5.74) is 6.62. The zero-order valence-corrected chi connectivity index (χ0v) is 27.2. The quantitative estimate of drug-likeness (QED) is 0.184. The Bertz CT molecular complexity index is 1910. The standard InChI is InChI=1S/C38H33BrO5/c1-37(2)29-10-8-7-9-26(29)33-27-19-31(42-5)32(43-6)20-28(27)36-34(35(33)37)30(39)21-38(44-36,22-11-15-24(40-3)16-12-22)23-13-17-25(41-4)18-14-23/h7-21H,1-6H3. The van der Waals surface area contributed by atoms with Crippen LogP contribution in [0.4, 0.5) is 0 Å². The molecule has 222 valence electrons. The molecule has 0 amide bonds. The summed E-state index contributed by atoms with van der Waals surface area (Å²) in [6.07, 6.45) is 2.19. The molecular weight excluding hydrogens is 616 g/mol. The molecule has 44 heavy (non-hydrogen) atoms. The smallest absolute Gasteiger partial charge is 0.179 e. The number of ether oxygens (including phenoxy) is 5. The molecule has 0 unspecified atom stereocenters. The van der Waals surface area contributed by atoms with Crippen molar-refractivity contribution in [1.82, 2.24) is 0 Å². The van der Waals surface area contributed by atoms with Crippen molar-refractivity contribution in [1.29, 1.82) is 0 Å². The maximum atomic E-state index is 7.43. The lowest BCUT2D eigenvalue weighted by Gasteiger charge is -2.39. The maximum absolute atomic E-state index is 7.43. The third kappa shape index (κ3) is 3.97. The molecule has 1 heterocycles. The normalized spacial score (nSPS) is 15.4. The second kappa shape index (κ2) is 10.3. The molecule has 5 nitrogen and oxygen atoms in total. The van der Waals surface area contributed by atoms with Crippen molar-refractivity contribution in [3.63, 3.8) is 0 Å². The molecule has 7 rings (SSSR count). The summed E-state index contributed by atoms with van der Waals surface area (Å²) in [6.45, 7) is 4.58. The van der Waals surface area contributed by atoms with Gasteiger partial charge in [-0.15, -0.1) is 0 Å². The predicted octanol–water partition coefficient (Wildman–Crippen LogP) is 9.25. The first-order valence-electron chi connectivity index (χ1n) is 14.5. The van der Waals surface area contributed by atoms with Crippen LogP contribution >= 0.6 is 15.9 Å². The van der Waals surface area contributed by atoms with E-state index in [-0.39, 0.29) is 5.41 Å². The summed E-state index contributed by atoms with van der Waals surface area (Å²) in [6, 6.07) is 28.9. The first kappa shape index (κ1) is 28.4. The van der Waals surface area contributed by atoms with Crippen LogP contribution in [-0.4, -0.2) is 28.4 Å². The van der Waals surface area contributed by atoms with Gasteiger partial charge in [0.1, 0.15) is 17.2 Å². The van der Waals surface area contributed by atoms with E-state index in [0.29, 0.717) is 11.5 Å². The Morgan fingerprint density at radius 3 is 1.73 bits per heavy atom. The van der Waals surface area contributed by atoms with E-state index in [0.717, 1.165) is 49.2 Å². The molecular formula is C38H33BrO5. The Balaban J connectivity index is 1.60. The zero-order chi connectivity index (χ0) is 30.8. The molecule has 0 bridgehead atoms. The van der Waals surface area contributed by atoms with Crippen molar-refractivity contribution in [2.45, 2.75) is 24.9 Å². The molecule has 0 saturated carbocycles. The van der Waals surface area contributed by atoms with Gasteiger partial charge in [0.15, 0.2) is 17.1 Å². The largest absolute Gasteiger partial charge is 0.497 e. The van der Waals surface area contributed by atoms with Gasteiger partial charge in [0.2, 0.25) is 0 Å². The number of methoxy groups -OCH3 is 4. The Labute approximate surface area is 266 Å². The van der Waals surface area contributed by atoms with Crippen LogP contribution in [0.1, 0.15) is 41.7 Å². The van der Waals surface area contributed by atoms with Gasteiger partial charge >= 0.3 is 0 Å². The van der Waals surface area contributed by atoms with Crippen molar-refractivity contribution in [2.75, 3.05) is 28.4 Å². The van der Waals surface area contributed by atoms with Crippen molar-refractivity contribution >= 4 is 31.2 Å². The summed E-state index contributed by atoms with van der Waals surface area (Å²) in [5, 5.41) is 2.00. The lowest BCUT2D eigenvalue weighted by molar-refractivity contribution is 0.163. The van der Waals surface area contributed by atoms with Crippen LogP contribution in [0.15, 0.2) is 91.0 Å². The number of hydrogen-bond donors (Lipinski definition) is 0. The monoisotopic (exact) mass is 648 g/mol. The van der Waals surface area contributed by atoms with Gasteiger partial charge in [-0.2, -0.15) is 0 Å². The van der Waals surface area contributed by atoms with Crippen molar-refractivity contribution in [3.05, 3.63) is 119 Å². The van der Waals surface area contributed by atoms with Gasteiger partial charge in [-0.1, -0.05) is 78.3 Å². The summed E-state index contributed by atoms with van der Waals surface area (Å²) in [4.78, 5) is 0. The lowest BCUT2D eigenvalue weighted by Crippen LogP contribution is -2.35. The van der Waals surface area contributed by atoms with E-state index >= 15 is 0 Å². The van der Waals surface area contributed by atoms with Crippen LogP contribution < -0.4 is 23.7 Å². The highest BCUT2D eigenvalue weighted by atomic mass is 79.9. The minimum atomic E-state index is -0.964. The summed E-state index contributed by atoms with van der Waals surface area (Å²) < 4.78 is 31.0. The SMILES string of the molecule is COc1ccc(C2(c3ccc(OC)cc3)C=C(Br)c3c4c(c5cc(OC)c(OC)cc5c3O2)-c2ccccc2C4(C)C)cc1. The van der Waals surface area contributed by atoms with Crippen LogP contribution in [0.2, 0.25) is 0 Å². The average molecular weight is 650 g/mol. The first-order valence-corrected chi connectivity index (χ1v) is 15.3. The van der Waals surface area contributed by atoms with Gasteiger partial charge < -0.3 is 23.7 Å². The van der Waals surface area contributed by atoms with Crippen molar-refractivity contribution < 1.29 is 23.7 Å². The van der Waals surface area contributed by atoms with Crippen molar-refractivity contribution in [3.8, 4) is 39.9 Å². The number of fused-ring (bicyclic) bond motifs is 8. The van der Waals surface area contributed by atoms with E-state index in [2.05, 4.69) is 90.5 Å². The Morgan fingerprint density at radius 2 is 1.18 bits per heavy atom. The second-order valence-corrected chi connectivity index (χ2v) is 12.5. The van der Waals surface area contributed by atoms with Gasteiger partial charge in [0.25, 0.3) is 0 Å². The number of hydrogen-bond acceptors (Lipinski definition) is 5. The molecule has 1 aliphatic carbocycles. The fraction of sp³-hybridized carbons (Fsp3) is 0.211. The molecule has 1 aliphatic heterocycles. The van der Waals surface area contributed by atoms with Crippen LogP contribution in [0.25, 0.3) is 26.4 Å². The van der Waals surface area contributed by atoms with Crippen molar-refractivity contribution in [2.24, 2.45) is 0 Å². The summed E-state index contributed by atoms with van der Waals surface area (Å²) in [5.74, 6) is 3.64. The van der Waals surface area contributed by atoms with Crippen LogP contribution in [-0.2, 0) is 11.0 Å². The number of rotatable bonds is 6. The predicted molar refractivity (Wildman–Crippen MR) is 179 cm³/mol. The van der Waals surface area contributed by atoms with Gasteiger partial charge in [-0.25, -0.2) is 0 Å². The molecule has 0 aromatic heterocycles. The van der Waals surface area contributed by atoms with Crippen LogP contribution in [0.3, 0.4) is 0 Å². The van der Waals surface area contributed by atoms with E-state index < -0.39 is 5.60 Å². The first-order chi connectivity index (χ1) is 21.3. The lowest BCUT2D eigenvalue weighted by atomic mass is 9.76. The molecule has 0 spiro atoms. The Hall–Kier alpha value is -4.42. The third-order valence-corrected chi connectivity index (χ3v) is 9.75. The fourth-order valence-electron chi connectivity index (χ4n) is 6.97. The maximum Gasteiger partial charge on any atom is 0.179 e. The topological polar surface area (TPSA) is 46.2 Å². The zero-order valence-electron chi connectivity index (χ0n) is 25.6. The second-order valence-electron chi connectivity index (χ2n) is 11.7. The minimum absolute atomic E-state index is 0.284. The Kier molecular flexibility index (Phi) is 6.67. The summed E-state index contributed by atoms with van der Waals surface area (Å²) >= 11 is 4.09. The summed E-state index contributed by atoms with van der Waals surface area (Å²) in [7, 11) is 6.68. The van der Waals surface area contributed by atoms with Gasteiger partial charge in [0.05, 0.1) is 28.4 Å². The van der Waals surface area contributed by atoms with E-state index in [1.807, 2.05) is 30.3 Å². The van der Waals surface area contributed by atoms with E-state index in [9.17, 15) is 0 Å². The number of halogens is 1. The molecule has 0 atom stereocenters. The molecule has 2 aliphatic rings.